The monoisotopic (exact) mass is 289 g/mol. The van der Waals surface area contributed by atoms with Crippen molar-refractivity contribution in [3.63, 3.8) is 0 Å². The number of aromatic amines is 1. The standard InChI is InChI=1S/C14H19N5O2/c1-9(2)12-11(16-8-21-12)14(20)19-5-3-4-10(6-19)13-15-7-17-18-13/h7-10H,3-6H2,1-2H3,(H,15,17,18)/t10-/m1/s1. The summed E-state index contributed by atoms with van der Waals surface area (Å²) in [5.41, 5.74) is 0.434. The number of likely N-dealkylation sites (tertiary alicyclic amines) is 1. The third-order valence-electron chi connectivity index (χ3n) is 3.85. The first-order chi connectivity index (χ1) is 10.2. The van der Waals surface area contributed by atoms with Crippen LogP contribution in [0.2, 0.25) is 0 Å². The summed E-state index contributed by atoms with van der Waals surface area (Å²) in [6, 6.07) is 0. The van der Waals surface area contributed by atoms with Gasteiger partial charge in [-0.3, -0.25) is 9.89 Å². The van der Waals surface area contributed by atoms with Gasteiger partial charge in [0.2, 0.25) is 0 Å². The van der Waals surface area contributed by atoms with E-state index >= 15 is 0 Å². The maximum absolute atomic E-state index is 12.7. The predicted molar refractivity (Wildman–Crippen MR) is 74.9 cm³/mol. The molecule has 0 radical (unpaired) electrons. The molecule has 21 heavy (non-hydrogen) atoms. The smallest absolute Gasteiger partial charge is 0.276 e. The van der Waals surface area contributed by atoms with Gasteiger partial charge in [-0.25, -0.2) is 9.97 Å². The molecule has 0 aliphatic carbocycles. The molecule has 3 rings (SSSR count). The average molecular weight is 289 g/mol. The second-order valence-electron chi connectivity index (χ2n) is 5.68. The molecule has 2 aromatic rings. The highest BCUT2D eigenvalue weighted by Gasteiger charge is 2.30. The van der Waals surface area contributed by atoms with Crippen molar-refractivity contribution >= 4 is 5.91 Å². The van der Waals surface area contributed by atoms with Gasteiger partial charge in [-0.15, -0.1) is 0 Å². The molecular formula is C14H19N5O2. The van der Waals surface area contributed by atoms with Gasteiger partial charge in [0, 0.05) is 24.9 Å². The zero-order chi connectivity index (χ0) is 14.8. The molecule has 1 atom stereocenters. The van der Waals surface area contributed by atoms with Gasteiger partial charge < -0.3 is 9.32 Å². The fourth-order valence-electron chi connectivity index (χ4n) is 2.77. The van der Waals surface area contributed by atoms with Crippen LogP contribution in [0, 0.1) is 0 Å². The van der Waals surface area contributed by atoms with Gasteiger partial charge in [-0.1, -0.05) is 13.8 Å². The molecule has 2 aromatic heterocycles. The maximum Gasteiger partial charge on any atom is 0.276 e. The lowest BCUT2D eigenvalue weighted by atomic mass is 9.97. The van der Waals surface area contributed by atoms with Crippen molar-refractivity contribution in [2.24, 2.45) is 0 Å². The molecule has 0 saturated carbocycles. The van der Waals surface area contributed by atoms with Crippen molar-refractivity contribution in [2.45, 2.75) is 38.5 Å². The highest BCUT2D eigenvalue weighted by Crippen LogP contribution is 2.26. The summed E-state index contributed by atoms with van der Waals surface area (Å²) >= 11 is 0. The average Bonchev–Trinajstić information content (AvgIpc) is 3.17. The summed E-state index contributed by atoms with van der Waals surface area (Å²) in [5, 5.41) is 6.79. The largest absolute Gasteiger partial charge is 0.447 e. The van der Waals surface area contributed by atoms with Crippen LogP contribution in [0.3, 0.4) is 0 Å². The molecule has 0 aromatic carbocycles. The number of hydrogen-bond acceptors (Lipinski definition) is 5. The Bertz CT molecular complexity index is 605. The number of piperidine rings is 1. The van der Waals surface area contributed by atoms with Crippen LogP contribution in [-0.2, 0) is 0 Å². The van der Waals surface area contributed by atoms with Gasteiger partial charge in [-0.05, 0) is 12.8 Å². The van der Waals surface area contributed by atoms with Crippen molar-refractivity contribution < 1.29 is 9.21 Å². The van der Waals surface area contributed by atoms with E-state index in [1.54, 1.807) is 0 Å². The molecule has 1 saturated heterocycles. The number of carbonyl (C=O) groups excluding carboxylic acids is 1. The van der Waals surface area contributed by atoms with Gasteiger partial charge in [0.05, 0.1) is 0 Å². The summed E-state index contributed by atoms with van der Waals surface area (Å²) in [6.07, 6.45) is 4.81. The molecule has 1 aliphatic heterocycles. The number of H-pyrrole nitrogens is 1. The number of oxazole rings is 1. The number of carbonyl (C=O) groups is 1. The minimum atomic E-state index is -0.0586. The molecule has 7 nitrogen and oxygen atoms in total. The van der Waals surface area contributed by atoms with E-state index in [1.165, 1.54) is 12.7 Å². The minimum Gasteiger partial charge on any atom is -0.447 e. The van der Waals surface area contributed by atoms with Crippen LogP contribution in [0.25, 0.3) is 0 Å². The van der Waals surface area contributed by atoms with Gasteiger partial charge in [-0.2, -0.15) is 5.10 Å². The lowest BCUT2D eigenvalue weighted by Crippen LogP contribution is -2.40. The Morgan fingerprint density at radius 3 is 3.05 bits per heavy atom. The maximum atomic E-state index is 12.7. The first kappa shape index (κ1) is 13.8. The van der Waals surface area contributed by atoms with Crippen LogP contribution in [0.15, 0.2) is 17.1 Å². The first-order valence-corrected chi connectivity index (χ1v) is 7.24. The molecular weight excluding hydrogens is 270 g/mol. The van der Waals surface area contributed by atoms with Crippen molar-refractivity contribution in [2.75, 3.05) is 13.1 Å². The summed E-state index contributed by atoms with van der Waals surface area (Å²) in [4.78, 5) is 22.8. The van der Waals surface area contributed by atoms with Crippen LogP contribution in [-0.4, -0.2) is 44.1 Å². The van der Waals surface area contributed by atoms with Gasteiger partial charge in [0.15, 0.2) is 12.1 Å². The number of rotatable bonds is 3. The van der Waals surface area contributed by atoms with Gasteiger partial charge in [0.1, 0.15) is 17.9 Å². The molecule has 1 aliphatic rings. The Morgan fingerprint density at radius 2 is 2.33 bits per heavy atom. The number of amides is 1. The van der Waals surface area contributed by atoms with Crippen LogP contribution >= 0.6 is 0 Å². The predicted octanol–water partition coefficient (Wildman–Crippen LogP) is 1.94. The zero-order valence-electron chi connectivity index (χ0n) is 12.2. The Labute approximate surface area is 122 Å². The van der Waals surface area contributed by atoms with Crippen molar-refractivity contribution in [1.29, 1.82) is 0 Å². The molecule has 112 valence electrons. The summed E-state index contributed by atoms with van der Waals surface area (Å²) in [7, 11) is 0. The fourth-order valence-corrected chi connectivity index (χ4v) is 2.77. The molecule has 0 bridgehead atoms. The second-order valence-corrected chi connectivity index (χ2v) is 5.68. The summed E-state index contributed by atoms with van der Waals surface area (Å²) in [5.74, 6) is 1.79. The molecule has 7 heteroatoms. The Balaban J connectivity index is 1.77. The van der Waals surface area contributed by atoms with E-state index in [-0.39, 0.29) is 17.7 Å². The Kier molecular flexibility index (Phi) is 3.72. The number of hydrogen-bond donors (Lipinski definition) is 1. The van der Waals surface area contributed by atoms with E-state index < -0.39 is 0 Å². The topological polar surface area (TPSA) is 87.9 Å². The molecule has 1 amide bonds. The molecule has 1 fully saturated rings. The van der Waals surface area contributed by atoms with Crippen LogP contribution in [0.1, 0.15) is 60.6 Å². The van der Waals surface area contributed by atoms with E-state index in [4.69, 9.17) is 4.42 Å². The Hall–Kier alpha value is -2.18. The van der Waals surface area contributed by atoms with Gasteiger partial charge in [0.25, 0.3) is 5.91 Å². The molecule has 1 N–H and O–H groups in total. The lowest BCUT2D eigenvalue weighted by molar-refractivity contribution is 0.0696. The quantitative estimate of drug-likeness (QED) is 0.932. The van der Waals surface area contributed by atoms with Crippen molar-refractivity contribution in [3.8, 4) is 0 Å². The molecule has 0 spiro atoms. The Morgan fingerprint density at radius 1 is 1.48 bits per heavy atom. The van der Waals surface area contributed by atoms with Gasteiger partial charge >= 0.3 is 0 Å². The number of aromatic nitrogens is 4. The summed E-state index contributed by atoms with van der Waals surface area (Å²) < 4.78 is 5.35. The zero-order valence-corrected chi connectivity index (χ0v) is 12.2. The van der Waals surface area contributed by atoms with E-state index in [0.29, 0.717) is 18.0 Å². The van der Waals surface area contributed by atoms with Crippen LogP contribution in [0.4, 0.5) is 0 Å². The number of nitrogens with zero attached hydrogens (tertiary/aromatic N) is 4. The first-order valence-electron chi connectivity index (χ1n) is 7.24. The third-order valence-corrected chi connectivity index (χ3v) is 3.85. The van der Waals surface area contributed by atoms with Crippen molar-refractivity contribution in [1.82, 2.24) is 25.1 Å². The van der Waals surface area contributed by atoms with E-state index in [1.807, 2.05) is 18.7 Å². The SMILES string of the molecule is CC(C)c1ocnc1C(=O)N1CCC[C@@H](c2ncn[nH]2)C1. The summed E-state index contributed by atoms with van der Waals surface area (Å²) in [6.45, 7) is 5.36. The van der Waals surface area contributed by atoms with E-state index in [2.05, 4.69) is 20.2 Å². The third kappa shape index (κ3) is 2.68. The fraction of sp³-hybridized carbons (Fsp3) is 0.571. The molecule has 3 heterocycles. The highest BCUT2D eigenvalue weighted by atomic mass is 16.3. The van der Waals surface area contributed by atoms with Crippen LogP contribution in [0.5, 0.6) is 0 Å². The molecule has 0 unspecified atom stereocenters. The normalized spacial score (nSPS) is 19.2. The van der Waals surface area contributed by atoms with E-state index in [0.717, 1.165) is 25.2 Å². The van der Waals surface area contributed by atoms with Crippen LogP contribution < -0.4 is 0 Å². The van der Waals surface area contributed by atoms with Crippen molar-refractivity contribution in [3.05, 3.63) is 30.0 Å². The number of nitrogens with one attached hydrogen (secondary N) is 1. The second kappa shape index (κ2) is 5.67. The highest BCUT2D eigenvalue weighted by molar-refractivity contribution is 5.93. The van der Waals surface area contributed by atoms with E-state index in [9.17, 15) is 4.79 Å². The lowest BCUT2D eigenvalue weighted by Gasteiger charge is -2.31. The minimum absolute atomic E-state index is 0.0586.